The van der Waals surface area contributed by atoms with E-state index in [1.54, 1.807) is 12.4 Å². The van der Waals surface area contributed by atoms with E-state index < -0.39 is 0 Å². The number of nitriles is 1. The van der Waals surface area contributed by atoms with Crippen LogP contribution in [0, 0.1) is 18.3 Å². The van der Waals surface area contributed by atoms with E-state index in [1.807, 2.05) is 35.7 Å². The third kappa shape index (κ3) is 3.11. The molecule has 2 aromatic heterocycles. The normalized spacial score (nSPS) is 11.2. The molecule has 3 nitrogen and oxygen atoms in total. The highest BCUT2D eigenvalue weighted by molar-refractivity contribution is 7.11. The van der Waals surface area contributed by atoms with Gasteiger partial charge < -0.3 is 0 Å². The molecule has 2 heterocycles. The van der Waals surface area contributed by atoms with Crippen LogP contribution in [0.25, 0.3) is 22.9 Å². The summed E-state index contributed by atoms with van der Waals surface area (Å²) in [6.45, 7) is 2.06. The molecule has 22 heavy (non-hydrogen) atoms. The van der Waals surface area contributed by atoms with Crippen molar-refractivity contribution in [2.45, 2.75) is 6.92 Å². The maximum Gasteiger partial charge on any atom is 0.134 e. The van der Waals surface area contributed by atoms with Crippen LogP contribution in [-0.4, -0.2) is 9.97 Å². The molecule has 0 unspecified atom stereocenters. The molecule has 0 N–H and O–H groups in total. The first kappa shape index (κ1) is 14.2. The van der Waals surface area contributed by atoms with Crippen LogP contribution in [0.5, 0.6) is 0 Å². The smallest absolute Gasteiger partial charge is 0.134 e. The summed E-state index contributed by atoms with van der Waals surface area (Å²) in [5.74, 6) is 0. The monoisotopic (exact) mass is 303 g/mol. The fourth-order valence-electron chi connectivity index (χ4n) is 2.02. The van der Waals surface area contributed by atoms with E-state index in [9.17, 15) is 5.26 Å². The molecule has 106 valence electrons. The van der Waals surface area contributed by atoms with Crippen molar-refractivity contribution >= 4 is 23.0 Å². The molecule has 0 aliphatic rings. The molecule has 0 saturated heterocycles. The second-order valence-electron chi connectivity index (χ2n) is 4.85. The molecule has 0 aliphatic heterocycles. The molecule has 0 spiro atoms. The van der Waals surface area contributed by atoms with E-state index in [2.05, 4.69) is 35.1 Å². The van der Waals surface area contributed by atoms with Crippen LogP contribution in [-0.2, 0) is 0 Å². The number of aromatic nitrogens is 2. The topological polar surface area (TPSA) is 49.6 Å². The standard InChI is InChI=1S/C18H13N3S/c1-13-2-4-15(5-3-13)17-12-22-18(21-17)16(11-19)10-14-6-8-20-9-7-14/h2-10,12H,1H3/b16-10+. The molecule has 0 saturated carbocycles. The Morgan fingerprint density at radius 1 is 1.14 bits per heavy atom. The highest BCUT2D eigenvalue weighted by atomic mass is 32.1. The highest BCUT2D eigenvalue weighted by Gasteiger charge is 2.09. The molecule has 0 radical (unpaired) electrons. The second-order valence-corrected chi connectivity index (χ2v) is 5.71. The average Bonchev–Trinajstić information content (AvgIpc) is 3.04. The summed E-state index contributed by atoms with van der Waals surface area (Å²) in [5, 5.41) is 12.1. The summed E-state index contributed by atoms with van der Waals surface area (Å²) in [6.07, 6.45) is 5.25. The number of rotatable bonds is 3. The van der Waals surface area contributed by atoms with Crippen LogP contribution in [0.15, 0.2) is 54.2 Å². The number of hydrogen-bond donors (Lipinski definition) is 0. The Labute approximate surface area is 133 Å². The van der Waals surface area contributed by atoms with Gasteiger partial charge in [-0.2, -0.15) is 5.26 Å². The predicted octanol–water partition coefficient (Wildman–Crippen LogP) is 4.58. The zero-order valence-electron chi connectivity index (χ0n) is 12.0. The van der Waals surface area contributed by atoms with Crippen LogP contribution in [0.1, 0.15) is 16.1 Å². The largest absolute Gasteiger partial charge is 0.265 e. The van der Waals surface area contributed by atoms with Crippen molar-refractivity contribution in [3.63, 3.8) is 0 Å². The van der Waals surface area contributed by atoms with Gasteiger partial charge in [0.25, 0.3) is 0 Å². The van der Waals surface area contributed by atoms with E-state index in [1.165, 1.54) is 16.9 Å². The summed E-state index contributed by atoms with van der Waals surface area (Å²) in [5.41, 5.74) is 4.69. The lowest BCUT2D eigenvalue weighted by molar-refractivity contribution is 1.32. The van der Waals surface area contributed by atoms with E-state index >= 15 is 0 Å². The number of benzene rings is 1. The second kappa shape index (κ2) is 6.33. The zero-order valence-corrected chi connectivity index (χ0v) is 12.8. The van der Waals surface area contributed by atoms with Crippen molar-refractivity contribution in [2.75, 3.05) is 0 Å². The van der Waals surface area contributed by atoms with Crippen molar-refractivity contribution in [1.82, 2.24) is 9.97 Å². The van der Waals surface area contributed by atoms with Crippen LogP contribution in [0.3, 0.4) is 0 Å². The third-order valence-corrected chi connectivity index (χ3v) is 4.10. The predicted molar refractivity (Wildman–Crippen MR) is 90.0 cm³/mol. The van der Waals surface area contributed by atoms with Crippen molar-refractivity contribution < 1.29 is 0 Å². The van der Waals surface area contributed by atoms with E-state index in [-0.39, 0.29) is 0 Å². The highest BCUT2D eigenvalue weighted by Crippen LogP contribution is 2.27. The molecule has 4 heteroatoms. The Hall–Kier alpha value is -2.77. The van der Waals surface area contributed by atoms with Gasteiger partial charge in [0.15, 0.2) is 0 Å². The Balaban J connectivity index is 1.94. The van der Waals surface area contributed by atoms with Crippen molar-refractivity contribution in [1.29, 1.82) is 5.26 Å². The summed E-state index contributed by atoms with van der Waals surface area (Å²) in [6, 6.07) is 14.2. The minimum Gasteiger partial charge on any atom is -0.265 e. The van der Waals surface area contributed by atoms with Gasteiger partial charge in [-0.1, -0.05) is 29.8 Å². The SMILES string of the molecule is Cc1ccc(-c2csc(/C(C#N)=C/c3ccncc3)n2)cc1. The van der Waals surface area contributed by atoms with Gasteiger partial charge in [0.2, 0.25) is 0 Å². The lowest BCUT2D eigenvalue weighted by atomic mass is 10.1. The van der Waals surface area contributed by atoms with Gasteiger partial charge in [-0.25, -0.2) is 4.98 Å². The summed E-state index contributed by atoms with van der Waals surface area (Å²) >= 11 is 1.48. The molecule has 0 fully saturated rings. The summed E-state index contributed by atoms with van der Waals surface area (Å²) in [4.78, 5) is 8.57. The van der Waals surface area contributed by atoms with Crippen molar-refractivity contribution in [3.8, 4) is 17.3 Å². The summed E-state index contributed by atoms with van der Waals surface area (Å²) in [7, 11) is 0. The Morgan fingerprint density at radius 3 is 2.55 bits per heavy atom. The lowest BCUT2D eigenvalue weighted by Gasteiger charge is -1.97. The minimum absolute atomic E-state index is 0.564. The van der Waals surface area contributed by atoms with Gasteiger partial charge in [0.1, 0.15) is 11.1 Å². The fraction of sp³-hybridized carbons (Fsp3) is 0.0556. The van der Waals surface area contributed by atoms with Gasteiger partial charge in [0, 0.05) is 23.3 Å². The average molecular weight is 303 g/mol. The molecule has 0 amide bonds. The number of allylic oxidation sites excluding steroid dienone is 1. The Bertz CT molecular complexity index is 840. The van der Waals surface area contributed by atoms with Crippen LogP contribution < -0.4 is 0 Å². The first-order valence-corrected chi connectivity index (χ1v) is 7.69. The van der Waals surface area contributed by atoms with Crippen molar-refractivity contribution in [3.05, 3.63) is 70.3 Å². The number of hydrogen-bond acceptors (Lipinski definition) is 4. The molecule has 3 aromatic rings. The van der Waals surface area contributed by atoms with E-state index in [0.29, 0.717) is 5.57 Å². The quantitative estimate of drug-likeness (QED) is 0.665. The first-order valence-electron chi connectivity index (χ1n) is 6.81. The molecule has 3 rings (SSSR count). The lowest BCUT2D eigenvalue weighted by Crippen LogP contribution is -1.83. The van der Waals surface area contributed by atoms with E-state index in [4.69, 9.17) is 0 Å². The molecule has 1 aromatic carbocycles. The van der Waals surface area contributed by atoms with Gasteiger partial charge in [-0.3, -0.25) is 4.98 Å². The summed E-state index contributed by atoms with van der Waals surface area (Å²) < 4.78 is 0. The van der Waals surface area contributed by atoms with Gasteiger partial charge >= 0.3 is 0 Å². The molecular formula is C18H13N3S. The Morgan fingerprint density at radius 2 is 1.86 bits per heavy atom. The van der Waals surface area contributed by atoms with Gasteiger partial charge in [0.05, 0.1) is 11.3 Å². The minimum atomic E-state index is 0.564. The maximum absolute atomic E-state index is 9.39. The maximum atomic E-state index is 9.39. The molecular weight excluding hydrogens is 290 g/mol. The van der Waals surface area contributed by atoms with Crippen LogP contribution in [0.4, 0.5) is 0 Å². The van der Waals surface area contributed by atoms with Gasteiger partial charge in [-0.15, -0.1) is 11.3 Å². The van der Waals surface area contributed by atoms with Crippen molar-refractivity contribution in [2.24, 2.45) is 0 Å². The number of pyridine rings is 1. The zero-order chi connectivity index (χ0) is 15.4. The molecule has 0 atom stereocenters. The Kier molecular flexibility index (Phi) is 4.08. The van der Waals surface area contributed by atoms with Crippen LogP contribution in [0.2, 0.25) is 0 Å². The first-order chi connectivity index (χ1) is 10.8. The number of thiazole rings is 1. The third-order valence-electron chi connectivity index (χ3n) is 3.22. The number of nitrogens with zero attached hydrogens (tertiary/aromatic N) is 3. The fourth-order valence-corrected chi connectivity index (χ4v) is 2.82. The van der Waals surface area contributed by atoms with Crippen LogP contribution >= 0.6 is 11.3 Å². The van der Waals surface area contributed by atoms with E-state index in [0.717, 1.165) is 21.8 Å². The molecule has 0 aliphatic carbocycles. The molecule has 0 bridgehead atoms. The number of aryl methyl sites for hydroxylation is 1. The van der Waals surface area contributed by atoms with Gasteiger partial charge in [-0.05, 0) is 30.7 Å².